The van der Waals surface area contributed by atoms with Crippen LogP contribution in [-0.2, 0) is 0 Å². The zero-order valence-corrected chi connectivity index (χ0v) is 9.34. The quantitative estimate of drug-likeness (QED) is 0.615. The highest BCUT2D eigenvalue weighted by Crippen LogP contribution is 2.27. The molecule has 0 aliphatic carbocycles. The Morgan fingerprint density at radius 3 is 2.69 bits per heavy atom. The molecule has 2 saturated heterocycles. The molecule has 2 heteroatoms. The monoisotopic (exact) mass is 184 g/mol. The van der Waals surface area contributed by atoms with E-state index < -0.39 is 0 Å². The van der Waals surface area contributed by atoms with Gasteiger partial charge < -0.3 is 10.2 Å². The molecule has 0 amide bonds. The lowest BCUT2D eigenvalue weighted by Gasteiger charge is -2.40. The summed E-state index contributed by atoms with van der Waals surface area (Å²) in [5, 5.41) is 3.48. The second kappa shape index (κ2) is 5.61. The summed E-state index contributed by atoms with van der Waals surface area (Å²) in [4.78, 5) is 2.47. The van der Waals surface area contributed by atoms with Gasteiger partial charge in [0.05, 0.1) is 0 Å². The molecule has 2 heterocycles. The molecule has 2 unspecified atom stereocenters. The molecule has 2 rings (SSSR count). The molecule has 0 spiro atoms. The molecule has 2 nitrogen and oxygen atoms in total. The second-order valence-corrected chi connectivity index (χ2v) is 4.06. The first-order chi connectivity index (χ1) is 6.36. The molecular formula is C11H24N2. The van der Waals surface area contributed by atoms with Crippen molar-refractivity contribution in [3.63, 3.8) is 0 Å². The Bertz CT molecular complexity index is 136. The van der Waals surface area contributed by atoms with Crippen molar-refractivity contribution in [2.24, 2.45) is 11.8 Å². The van der Waals surface area contributed by atoms with Crippen LogP contribution in [0.2, 0.25) is 0 Å². The lowest BCUT2D eigenvalue weighted by molar-refractivity contribution is 0.115. The standard InChI is InChI=1S/C9H18N2.C2H6/c1-11-5-3-8-2-4-10-6-9(8)7-11;1-2/h8-10H,2-7H2,1H3;1-2H3. The van der Waals surface area contributed by atoms with Gasteiger partial charge in [-0.2, -0.15) is 0 Å². The first-order valence-electron chi connectivity index (χ1n) is 5.75. The minimum absolute atomic E-state index is 0.947. The summed E-state index contributed by atoms with van der Waals surface area (Å²) in [5.41, 5.74) is 0. The number of nitrogens with zero attached hydrogens (tertiary/aromatic N) is 1. The van der Waals surface area contributed by atoms with E-state index in [1.165, 1.54) is 39.0 Å². The van der Waals surface area contributed by atoms with Crippen molar-refractivity contribution in [1.29, 1.82) is 0 Å². The van der Waals surface area contributed by atoms with E-state index in [0.29, 0.717) is 0 Å². The minimum Gasteiger partial charge on any atom is -0.316 e. The predicted molar refractivity (Wildman–Crippen MR) is 57.9 cm³/mol. The van der Waals surface area contributed by atoms with Crippen molar-refractivity contribution >= 4 is 0 Å². The Balaban J connectivity index is 0.000000396. The van der Waals surface area contributed by atoms with Crippen LogP contribution < -0.4 is 5.32 Å². The molecule has 0 bridgehead atoms. The minimum atomic E-state index is 0.947. The maximum Gasteiger partial charge on any atom is 0.00214 e. The fourth-order valence-corrected chi connectivity index (χ4v) is 2.45. The van der Waals surface area contributed by atoms with Gasteiger partial charge in [0.15, 0.2) is 0 Å². The predicted octanol–water partition coefficient (Wildman–Crippen LogP) is 1.57. The third-order valence-electron chi connectivity index (χ3n) is 3.19. The molecule has 0 radical (unpaired) electrons. The van der Waals surface area contributed by atoms with Gasteiger partial charge in [-0.1, -0.05) is 13.8 Å². The summed E-state index contributed by atoms with van der Waals surface area (Å²) in [5.74, 6) is 1.98. The molecule has 13 heavy (non-hydrogen) atoms. The third-order valence-corrected chi connectivity index (χ3v) is 3.19. The highest BCUT2D eigenvalue weighted by atomic mass is 15.1. The van der Waals surface area contributed by atoms with Gasteiger partial charge in [-0.05, 0) is 51.4 Å². The lowest BCUT2D eigenvalue weighted by Crippen LogP contribution is -2.47. The summed E-state index contributed by atoms with van der Waals surface area (Å²) in [6, 6.07) is 0. The maximum absolute atomic E-state index is 3.48. The number of likely N-dealkylation sites (tertiary alicyclic amines) is 1. The average molecular weight is 184 g/mol. The molecule has 1 N–H and O–H groups in total. The number of piperidine rings is 2. The van der Waals surface area contributed by atoms with Crippen LogP contribution in [0.5, 0.6) is 0 Å². The number of fused-ring (bicyclic) bond motifs is 1. The van der Waals surface area contributed by atoms with Crippen molar-refractivity contribution in [1.82, 2.24) is 10.2 Å². The second-order valence-electron chi connectivity index (χ2n) is 4.06. The highest BCUT2D eigenvalue weighted by molar-refractivity contribution is 4.84. The van der Waals surface area contributed by atoms with Gasteiger partial charge in [-0.25, -0.2) is 0 Å². The molecule has 2 aliphatic heterocycles. The molecule has 2 fully saturated rings. The zero-order chi connectivity index (χ0) is 9.68. The van der Waals surface area contributed by atoms with Gasteiger partial charge in [-0.15, -0.1) is 0 Å². The van der Waals surface area contributed by atoms with Crippen molar-refractivity contribution in [2.45, 2.75) is 26.7 Å². The number of hydrogen-bond acceptors (Lipinski definition) is 2. The van der Waals surface area contributed by atoms with Crippen molar-refractivity contribution in [2.75, 3.05) is 33.2 Å². The third kappa shape index (κ3) is 2.96. The van der Waals surface area contributed by atoms with Crippen LogP contribution in [0.15, 0.2) is 0 Å². The number of rotatable bonds is 0. The largest absolute Gasteiger partial charge is 0.316 e. The van der Waals surface area contributed by atoms with Crippen molar-refractivity contribution in [3.8, 4) is 0 Å². The first-order valence-corrected chi connectivity index (χ1v) is 5.75. The van der Waals surface area contributed by atoms with Gasteiger partial charge in [-0.3, -0.25) is 0 Å². The molecule has 2 atom stereocenters. The molecule has 78 valence electrons. The van der Waals surface area contributed by atoms with E-state index in [9.17, 15) is 0 Å². The lowest BCUT2D eigenvalue weighted by atomic mass is 9.81. The normalized spacial score (nSPS) is 34.4. The molecule has 2 aliphatic rings. The van der Waals surface area contributed by atoms with E-state index in [1.54, 1.807) is 0 Å². The smallest absolute Gasteiger partial charge is 0.00214 e. The topological polar surface area (TPSA) is 15.3 Å². The molecule has 0 saturated carbocycles. The summed E-state index contributed by atoms with van der Waals surface area (Å²) in [7, 11) is 2.24. The molecular weight excluding hydrogens is 160 g/mol. The summed E-state index contributed by atoms with van der Waals surface area (Å²) in [6.45, 7) is 9.15. The van der Waals surface area contributed by atoms with Gasteiger partial charge in [0.25, 0.3) is 0 Å². The summed E-state index contributed by atoms with van der Waals surface area (Å²) in [6.07, 6.45) is 2.85. The van der Waals surface area contributed by atoms with Crippen LogP contribution in [0.1, 0.15) is 26.7 Å². The van der Waals surface area contributed by atoms with Crippen molar-refractivity contribution < 1.29 is 0 Å². The first kappa shape index (κ1) is 11.0. The Morgan fingerprint density at radius 1 is 1.15 bits per heavy atom. The van der Waals surface area contributed by atoms with E-state index in [4.69, 9.17) is 0 Å². The number of hydrogen-bond donors (Lipinski definition) is 1. The maximum atomic E-state index is 3.48. The summed E-state index contributed by atoms with van der Waals surface area (Å²) >= 11 is 0. The van der Waals surface area contributed by atoms with Gasteiger partial charge in [0.1, 0.15) is 0 Å². The van der Waals surface area contributed by atoms with E-state index in [-0.39, 0.29) is 0 Å². The zero-order valence-electron chi connectivity index (χ0n) is 9.34. The molecule has 0 aromatic carbocycles. The van der Waals surface area contributed by atoms with Gasteiger partial charge in [0, 0.05) is 6.54 Å². The summed E-state index contributed by atoms with van der Waals surface area (Å²) < 4.78 is 0. The highest BCUT2D eigenvalue weighted by Gasteiger charge is 2.29. The Labute approximate surface area is 82.7 Å². The average Bonchev–Trinajstić information content (AvgIpc) is 2.21. The van der Waals surface area contributed by atoms with Crippen molar-refractivity contribution in [3.05, 3.63) is 0 Å². The van der Waals surface area contributed by atoms with Crippen LogP contribution in [0, 0.1) is 11.8 Å². The van der Waals surface area contributed by atoms with Gasteiger partial charge in [0.2, 0.25) is 0 Å². The van der Waals surface area contributed by atoms with Gasteiger partial charge >= 0.3 is 0 Å². The Morgan fingerprint density at radius 2 is 1.92 bits per heavy atom. The number of nitrogens with one attached hydrogen (secondary N) is 1. The van der Waals surface area contributed by atoms with Crippen LogP contribution in [0.3, 0.4) is 0 Å². The SMILES string of the molecule is CC.CN1CCC2CCNCC2C1. The van der Waals surface area contributed by atoms with Crippen LogP contribution in [-0.4, -0.2) is 38.1 Å². The fourth-order valence-electron chi connectivity index (χ4n) is 2.45. The van der Waals surface area contributed by atoms with E-state index >= 15 is 0 Å². The Kier molecular flexibility index (Phi) is 4.74. The fraction of sp³-hybridized carbons (Fsp3) is 1.00. The van der Waals surface area contributed by atoms with E-state index in [2.05, 4.69) is 17.3 Å². The van der Waals surface area contributed by atoms with Crippen LogP contribution in [0.4, 0.5) is 0 Å². The van der Waals surface area contributed by atoms with E-state index in [0.717, 1.165) is 11.8 Å². The van der Waals surface area contributed by atoms with E-state index in [1.807, 2.05) is 13.8 Å². The Hall–Kier alpha value is -0.0800. The molecule has 0 aromatic rings. The van der Waals surface area contributed by atoms with Crippen LogP contribution in [0.25, 0.3) is 0 Å². The molecule has 0 aromatic heterocycles. The van der Waals surface area contributed by atoms with Crippen LogP contribution >= 0.6 is 0 Å².